The van der Waals surface area contributed by atoms with E-state index in [2.05, 4.69) is 5.32 Å². The second-order valence-electron chi connectivity index (χ2n) is 6.06. The number of rotatable bonds is 4. The maximum atomic E-state index is 12.0. The van der Waals surface area contributed by atoms with Crippen LogP contribution in [0.3, 0.4) is 0 Å². The lowest BCUT2D eigenvalue weighted by molar-refractivity contribution is -0.138. The molecule has 0 rings (SSSR count). The molecule has 0 aliphatic heterocycles. The van der Waals surface area contributed by atoms with E-state index in [1.54, 1.807) is 0 Å². The second kappa shape index (κ2) is 5.76. The number of thioether (sulfide) groups is 1. The van der Waals surface area contributed by atoms with Gasteiger partial charge in [-0.1, -0.05) is 20.8 Å². The first-order valence-corrected chi connectivity index (χ1v) is 6.50. The van der Waals surface area contributed by atoms with Crippen LogP contribution in [0.5, 0.6) is 0 Å². The highest BCUT2D eigenvalue weighted by Gasteiger charge is 2.29. The monoisotopic (exact) mass is 261 g/mol. The summed E-state index contributed by atoms with van der Waals surface area (Å²) < 4.78 is -0.144. The molecule has 1 unspecified atom stereocenters. The van der Waals surface area contributed by atoms with Gasteiger partial charge in [-0.05, 0) is 20.8 Å². The van der Waals surface area contributed by atoms with Crippen molar-refractivity contribution < 1.29 is 14.7 Å². The van der Waals surface area contributed by atoms with Crippen LogP contribution in [0.1, 0.15) is 48.0 Å². The van der Waals surface area contributed by atoms with E-state index in [1.807, 2.05) is 41.5 Å². The van der Waals surface area contributed by atoms with Gasteiger partial charge in [-0.15, -0.1) is 11.8 Å². The maximum absolute atomic E-state index is 12.0. The van der Waals surface area contributed by atoms with Crippen LogP contribution in [0.4, 0.5) is 0 Å². The van der Waals surface area contributed by atoms with Crippen LogP contribution in [-0.4, -0.2) is 32.5 Å². The Kier molecular flexibility index (Phi) is 5.52. The Hall–Kier alpha value is -0.710. The molecule has 0 fully saturated rings. The Morgan fingerprint density at radius 3 is 1.94 bits per heavy atom. The highest BCUT2D eigenvalue weighted by Crippen LogP contribution is 2.30. The van der Waals surface area contributed by atoms with E-state index in [1.165, 1.54) is 11.8 Å². The number of hydrogen-bond donors (Lipinski definition) is 2. The zero-order valence-electron chi connectivity index (χ0n) is 11.5. The summed E-state index contributed by atoms with van der Waals surface area (Å²) in [5, 5.41) is 11.1. The van der Waals surface area contributed by atoms with Crippen molar-refractivity contribution in [2.75, 3.05) is 0 Å². The topological polar surface area (TPSA) is 66.4 Å². The predicted octanol–water partition coefficient (Wildman–Crippen LogP) is 2.28. The summed E-state index contributed by atoms with van der Waals surface area (Å²) >= 11 is 1.39. The summed E-state index contributed by atoms with van der Waals surface area (Å²) in [6, 6.07) is 0. The first kappa shape index (κ1) is 16.3. The Labute approximate surface area is 108 Å². The third-order valence-corrected chi connectivity index (χ3v) is 3.02. The van der Waals surface area contributed by atoms with E-state index in [0.29, 0.717) is 0 Å². The van der Waals surface area contributed by atoms with E-state index < -0.39 is 11.2 Å². The molecule has 0 aliphatic carbocycles. The van der Waals surface area contributed by atoms with Gasteiger partial charge in [0.25, 0.3) is 0 Å². The van der Waals surface area contributed by atoms with Crippen LogP contribution in [0.25, 0.3) is 0 Å². The minimum Gasteiger partial charge on any atom is -0.481 e. The van der Waals surface area contributed by atoms with Crippen molar-refractivity contribution in [3.05, 3.63) is 0 Å². The highest BCUT2D eigenvalue weighted by atomic mass is 32.2. The van der Waals surface area contributed by atoms with Gasteiger partial charge in [0.1, 0.15) is 0 Å². The van der Waals surface area contributed by atoms with Crippen LogP contribution < -0.4 is 5.32 Å². The van der Waals surface area contributed by atoms with Crippen LogP contribution in [-0.2, 0) is 9.59 Å². The molecule has 0 spiro atoms. The van der Waals surface area contributed by atoms with Gasteiger partial charge < -0.3 is 10.4 Å². The van der Waals surface area contributed by atoms with Gasteiger partial charge in [0.05, 0.1) is 11.7 Å². The molecule has 2 N–H and O–H groups in total. The zero-order valence-corrected chi connectivity index (χ0v) is 12.3. The summed E-state index contributed by atoms with van der Waals surface area (Å²) in [6.45, 7) is 11.5. The van der Waals surface area contributed by atoms with E-state index in [9.17, 15) is 9.59 Å². The molecule has 1 amide bonds. The molecular weight excluding hydrogens is 238 g/mol. The van der Waals surface area contributed by atoms with Crippen molar-refractivity contribution in [2.24, 2.45) is 0 Å². The molecule has 5 heteroatoms. The lowest BCUT2D eigenvalue weighted by Crippen LogP contribution is -2.46. The van der Waals surface area contributed by atoms with Crippen molar-refractivity contribution in [1.82, 2.24) is 5.32 Å². The number of carbonyl (C=O) groups is 2. The molecule has 0 radical (unpaired) electrons. The van der Waals surface area contributed by atoms with Crippen molar-refractivity contribution in [3.63, 3.8) is 0 Å². The number of aliphatic carboxylic acids is 1. The average Bonchev–Trinajstić information content (AvgIpc) is 1.95. The van der Waals surface area contributed by atoms with Crippen molar-refractivity contribution >= 4 is 23.6 Å². The van der Waals surface area contributed by atoms with Gasteiger partial charge in [-0.2, -0.15) is 0 Å². The van der Waals surface area contributed by atoms with Crippen molar-refractivity contribution in [3.8, 4) is 0 Å². The number of amides is 1. The molecule has 1 atom stereocenters. The Balaban J connectivity index is 4.68. The average molecular weight is 261 g/mol. The first-order chi connectivity index (χ1) is 7.41. The fraction of sp³-hybridized carbons (Fsp3) is 0.833. The van der Waals surface area contributed by atoms with Gasteiger partial charge in [0, 0.05) is 10.3 Å². The summed E-state index contributed by atoms with van der Waals surface area (Å²) in [7, 11) is 0. The molecule has 0 saturated heterocycles. The SMILES string of the molecule is CC(C)(C)NC(=O)C(CC(=O)O)SC(C)(C)C. The lowest BCUT2D eigenvalue weighted by atomic mass is 10.1. The van der Waals surface area contributed by atoms with Gasteiger partial charge >= 0.3 is 5.97 Å². The largest absolute Gasteiger partial charge is 0.481 e. The van der Waals surface area contributed by atoms with E-state index in [4.69, 9.17) is 5.11 Å². The molecule has 0 saturated carbocycles. The van der Waals surface area contributed by atoms with E-state index in [-0.39, 0.29) is 22.6 Å². The summed E-state index contributed by atoms with van der Waals surface area (Å²) in [5.74, 6) is -1.16. The third kappa shape index (κ3) is 9.03. The van der Waals surface area contributed by atoms with Gasteiger partial charge in [-0.25, -0.2) is 0 Å². The smallest absolute Gasteiger partial charge is 0.305 e. The van der Waals surface area contributed by atoms with Gasteiger partial charge in [-0.3, -0.25) is 9.59 Å². The number of carbonyl (C=O) groups excluding carboxylic acids is 1. The minimum atomic E-state index is -0.948. The molecule has 0 bridgehead atoms. The van der Waals surface area contributed by atoms with Crippen LogP contribution in [0, 0.1) is 0 Å². The van der Waals surface area contributed by atoms with Crippen LogP contribution >= 0.6 is 11.8 Å². The molecule has 100 valence electrons. The quantitative estimate of drug-likeness (QED) is 0.814. The normalized spacial score (nSPS) is 14.2. The molecule has 0 aromatic heterocycles. The fourth-order valence-corrected chi connectivity index (χ4v) is 2.47. The highest BCUT2D eigenvalue weighted by molar-refractivity contribution is 8.01. The molecule has 4 nitrogen and oxygen atoms in total. The van der Waals surface area contributed by atoms with Crippen molar-refractivity contribution in [1.29, 1.82) is 0 Å². The summed E-state index contributed by atoms with van der Waals surface area (Å²) in [4.78, 5) is 22.7. The molecular formula is C12H23NO3S. The molecule has 17 heavy (non-hydrogen) atoms. The maximum Gasteiger partial charge on any atom is 0.305 e. The molecule has 0 aromatic rings. The number of hydrogen-bond acceptors (Lipinski definition) is 3. The standard InChI is InChI=1S/C12H23NO3S/c1-11(2,3)13-10(16)8(7-9(14)15)17-12(4,5)6/h8H,7H2,1-6H3,(H,13,16)(H,14,15). The minimum absolute atomic E-state index is 0.144. The lowest BCUT2D eigenvalue weighted by Gasteiger charge is -2.28. The Morgan fingerprint density at radius 2 is 1.65 bits per heavy atom. The second-order valence-corrected chi connectivity index (χ2v) is 8.09. The predicted molar refractivity (Wildman–Crippen MR) is 71.3 cm³/mol. The molecule has 0 aliphatic rings. The summed E-state index contributed by atoms with van der Waals surface area (Å²) in [5.41, 5.74) is -0.341. The first-order valence-electron chi connectivity index (χ1n) is 5.62. The van der Waals surface area contributed by atoms with E-state index in [0.717, 1.165) is 0 Å². The van der Waals surface area contributed by atoms with Crippen LogP contribution in [0.15, 0.2) is 0 Å². The summed E-state index contributed by atoms with van der Waals surface area (Å²) in [6.07, 6.45) is -0.149. The third-order valence-electron chi connectivity index (χ3n) is 1.65. The van der Waals surface area contributed by atoms with Gasteiger partial charge in [0.2, 0.25) is 5.91 Å². The van der Waals surface area contributed by atoms with E-state index >= 15 is 0 Å². The molecule has 0 heterocycles. The Morgan fingerprint density at radius 1 is 1.18 bits per heavy atom. The number of nitrogens with one attached hydrogen (secondary N) is 1. The van der Waals surface area contributed by atoms with Gasteiger partial charge in [0.15, 0.2) is 0 Å². The van der Waals surface area contributed by atoms with Crippen LogP contribution in [0.2, 0.25) is 0 Å². The number of carboxylic acid groups (broad SMARTS) is 1. The van der Waals surface area contributed by atoms with Crippen molar-refractivity contribution in [2.45, 2.75) is 63.5 Å². The molecule has 0 aromatic carbocycles. The fourth-order valence-electron chi connectivity index (χ4n) is 1.22. The Bertz CT molecular complexity index is 289. The number of carboxylic acids is 1. The zero-order chi connectivity index (χ0) is 13.9.